The van der Waals surface area contributed by atoms with Crippen LogP contribution >= 0.6 is 23.2 Å². The molecule has 4 aromatic carbocycles. The van der Waals surface area contributed by atoms with Gasteiger partial charge in [-0.25, -0.2) is 4.79 Å². The maximum absolute atomic E-state index is 12.9. The topological polar surface area (TPSA) is 176 Å². The van der Waals surface area contributed by atoms with Crippen molar-refractivity contribution in [1.82, 2.24) is 9.97 Å². The molecular weight excluding hydrogens is 865 g/mol. The van der Waals surface area contributed by atoms with Crippen molar-refractivity contribution in [1.29, 1.82) is 0 Å². The number of nitrogens with one attached hydrogen (secondary N) is 3. The summed E-state index contributed by atoms with van der Waals surface area (Å²) in [5.41, 5.74) is 8.65. The van der Waals surface area contributed by atoms with Crippen molar-refractivity contribution in [2.45, 2.75) is 32.6 Å². The number of halogens is 8. The van der Waals surface area contributed by atoms with Gasteiger partial charge in [0.15, 0.2) is 0 Å². The van der Waals surface area contributed by atoms with Crippen molar-refractivity contribution >= 4 is 69.6 Å². The summed E-state index contributed by atoms with van der Waals surface area (Å²) >= 11 is 10.9. The van der Waals surface area contributed by atoms with Gasteiger partial charge in [-0.2, -0.15) is 26.3 Å². The molecule has 19 heteroatoms. The van der Waals surface area contributed by atoms with Crippen molar-refractivity contribution in [2.24, 2.45) is 0 Å². The molecule has 0 aliphatic heterocycles. The summed E-state index contributed by atoms with van der Waals surface area (Å²) in [6.07, 6.45) is -0.738. The number of carboxylic acids is 1. The third kappa shape index (κ3) is 15.9. The maximum Gasteiger partial charge on any atom is 0.417 e. The summed E-state index contributed by atoms with van der Waals surface area (Å²) in [4.78, 5) is 53.0. The molecule has 0 radical (unpaired) electrons. The number of rotatable bonds is 7. The average molecular weight is 902 g/mol. The van der Waals surface area contributed by atoms with Crippen molar-refractivity contribution in [3.63, 3.8) is 0 Å². The smallest absolute Gasteiger partial charge is 0.417 e. The van der Waals surface area contributed by atoms with Gasteiger partial charge in [-0.15, -0.1) is 0 Å². The van der Waals surface area contributed by atoms with Gasteiger partial charge in [0.05, 0.1) is 21.2 Å². The van der Waals surface area contributed by atoms with Crippen molar-refractivity contribution < 1.29 is 50.6 Å². The number of pyridine rings is 2. The van der Waals surface area contributed by atoms with Gasteiger partial charge in [-0.05, 0) is 120 Å². The molecule has 0 saturated heterocycles. The number of hydrogen-bond donors (Lipinski definition) is 5. The number of aliphatic carboxylic acids is 1. The number of alkyl halides is 6. The number of carbonyl (C=O) groups is 4. The molecule has 324 valence electrons. The molecule has 11 nitrogen and oxygen atoms in total. The minimum atomic E-state index is -4.68. The second kappa shape index (κ2) is 22.6. The zero-order valence-electron chi connectivity index (χ0n) is 31.2. The number of benzene rings is 4. The van der Waals surface area contributed by atoms with Crippen LogP contribution in [0.2, 0.25) is 10.0 Å². The van der Waals surface area contributed by atoms with Gasteiger partial charge in [0.1, 0.15) is 0 Å². The lowest BCUT2D eigenvalue weighted by molar-refractivity contribution is -0.147. The number of carboxylic acid groups (broad SMARTS) is 1. The zero-order chi connectivity index (χ0) is 44.7. The highest BCUT2D eigenvalue weighted by atomic mass is 35.5. The molecule has 6 rings (SSSR count). The number of nitrogen functional groups attached to an aromatic ring is 1. The van der Waals surface area contributed by atoms with Crippen LogP contribution in [0, 0.1) is 0 Å². The lowest BCUT2D eigenvalue weighted by atomic mass is 10.1. The second-order valence-corrected chi connectivity index (χ2v) is 13.4. The number of carbonyl (C=O) groups excluding carboxylic acids is 3. The van der Waals surface area contributed by atoms with Crippen LogP contribution in [0.5, 0.6) is 0 Å². The van der Waals surface area contributed by atoms with E-state index in [4.69, 9.17) is 34.0 Å². The summed E-state index contributed by atoms with van der Waals surface area (Å²) in [5.74, 6) is -5.35. The Labute approximate surface area is 360 Å². The van der Waals surface area contributed by atoms with E-state index in [1.165, 1.54) is 17.2 Å². The maximum atomic E-state index is 12.9. The zero-order valence-corrected chi connectivity index (χ0v) is 32.7. The third-order valence-electron chi connectivity index (χ3n) is 7.97. The van der Waals surface area contributed by atoms with Gasteiger partial charge in [-0.1, -0.05) is 54.9 Å². The highest BCUT2D eigenvalue weighted by Gasteiger charge is 2.34. The minimum Gasteiger partial charge on any atom is -0.474 e. The van der Waals surface area contributed by atoms with E-state index < -0.39 is 57.2 Å². The first-order valence-corrected chi connectivity index (χ1v) is 18.2. The molecule has 0 aliphatic carbocycles. The van der Waals surface area contributed by atoms with Crippen LogP contribution < -0.4 is 21.7 Å². The van der Waals surface area contributed by atoms with Crippen LogP contribution in [-0.4, -0.2) is 38.8 Å². The number of aromatic nitrogens is 2. The number of nitrogens with zero attached hydrogens (tertiary/aromatic N) is 2. The van der Waals surface area contributed by atoms with Gasteiger partial charge in [0.25, 0.3) is 0 Å². The molecular formula is C43H36Cl2F6N6O5. The molecule has 2 aromatic heterocycles. The summed E-state index contributed by atoms with van der Waals surface area (Å²) in [7, 11) is 0. The van der Waals surface area contributed by atoms with E-state index in [1.54, 1.807) is 42.0 Å². The van der Waals surface area contributed by atoms with E-state index >= 15 is 0 Å². The van der Waals surface area contributed by atoms with Gasteiger partial charge in [0.2, 0.25) is 0 Å². The van der Waals surface area contributed by atoms with E-state index in [0.29, 0.717) is 24.2 Å². The monoisotopic (exact) mass is 900 g/mol. The molecule has 6 N–H and O–H groups in total. The molecule has 0 fully saturated rings. The minimum absolute atomic E-state index is 0. The average Bonchev–Trinajstić information content (AvgIpc) is 3.21. The predicted molar refractivity (Wildman–Crippen MR) is 225 cm³/mol. The number of amides is 3. The summed E-state index contributed by atoms with van der Waals surface area (Å²) in [6, 6.07) is 28.0. The Morgan fingerprint density at radius 3 is 1.21 bits per heavy atom. The van der Waals surface area contributed by atoms with Crippen LogP contribution in [0.1, 0.15) is 40.8 Å². The van der Waals surface area contributed by atoms with Gasteiger partial charge in [-0.3, -0.25) is 24.4 Å². The number of anilines is 4. The second-order valence-electron chi connectivity index (χ2n) is 12.6. The Hall–Kier alpha value is -6.98. The Bertz CT molecular complexity index is 2440. The van der Waals surface area contributed by atoms with Crippen LogP contribution in [0.15, 0.2) is 134 Å². The van der Waals surface area contributed by atoms with Gasteiger partial charge < -0.3 is 26.8 Å². The normalized spacial score (nSPS) is 10.6. The third-order valence-corrected chi connectivity index (χ3v) is 8.63. The van der Waals surface area contributed by atoms with Crippen LogP contribution in [0.3, 0.4) is 0 Å². The summed E-state index contributed by atoms with van der Waals surface area (Å²) in [6.45, 7) is 0. The molecule has 0 bridgehead atoms. The first-order valence-electron chi connectivity index (χ1n) is 17.4. The lowest BCUT2D eigenvalue weighted by Gasteiger charge is -2.12. The van der Waals surface area contributed by atoms with E-state index in [0.717, 1.165) is 41.4 Å². The molecule has 0 atom stereocenters. The van der Waals surface area contributed by atoms with Crippen molar-refractivity contribution in [3.05, 3.63) is 177 Å². The molecule has 0 aliphatic rings. The predicted octanol–water partition coefficient (Wildman–Crippen LogP) is 10.2. The number of hydrogen-bond acceptors (Lipinski definition) is 7. The first kappa shape index (κ1) is 49.4. The molecule has 62 heavy (non-hydrogen) atoms. The molecule has 0 unspecified atom stereocenters. The molecule has 3 amide bonds. The van der Waals surface area contributed by atoms with Crippen LogP contribution in [0.25, 0.3) is 0 Å². The Balaban J connectivity index is 0.000000270. The van der Waals surface area contributed by atoms with E-state index in [9.17, 15) is 45.5 Å². The van der Waals surface area contributed by atoms with Crippen molar-refractivity contribution in [3.8, 4) is 0 Å². The van der Waals surface area contributed by atoms with Crippen molar-refractivity contribution in [2.75, 3.05) is 21.7 Å². The molecule has 6 aromatic rings. The first-order chi connectivity index (χ1) is 28.8. The fraction of sp³-hybridized carbons (Fsp3) is 0.116. The Morgan fingerprint density at radius 2 is 0.839 bits per heavy atom. The summed E-state index contributed by atoms with van der Waals surface area (Å²) in [5, 5.41) is 13.5. The molecule has 0 spiro atoms. The lowest BCUT2D eigenvalue weighted by Crippen LogP contribution is -2.29. The molecule has 0 saturated carbocycles. The van der Waals surface area contributed by atoms with Gasteiger partial charge in [0, 0.05) is 47.5 Å². The van der Waals surface area contributed by atoms with Gasteiger partial charge >= 0.3 is 36.0 Å². The fourth-order valence-corrected chi connectivity index (χ4v) is 5.46. The SMILES string of the molecule is C.Nc1ccc(Cc2ccncc2)cc1.O=C(Nc1ccc(Cc2ccncc2)cc1)C(=O)Nc1ccc(Cl)c(C(F)(F)F)c1.O=C(O)C(=O)Nc1ccc(Cl)c(C(F)(F)F)c1. The van der Waals surface area contributed by atoms with E-state index in [1.807, 2.05) is 48.8 Å². The number of nitrogens with two attached hydrogens (primary N) is 1. The molecule has 2 heterocycles. The summed E-state index contributed by atoms with van der Waals surface area (Å²) < 4.78 is 75.9. The van der Waals surface area contributed by atoms with E-state index in [2.05, 4.69) is 32.7 Å². The Kier molecular flexibility index (Phi) is 18.0. The standard InChI is InChI=1S/C21H15ClF3N3O2.C12H12N2.C9H5ClF3NO3.CH4/c22-18-6-5-16(12-17(18)21(23,24)25)28-20(30)19(29)27-15-3-1-13(2-4-15)11-14-7-9-26-10-8-14;13-12-3-1-10(2-4-12)9-11-5-7-14-8-6-11;10-6-2-1-4(14-7(15)8(16)17)3-5(6)9(11,12)13;/h1-10,12H,11H2,(H,27,29)(H,28,30);1-8H,9,13H2;1-3H,(H,14,15)(H,16,17);1H4. The quantitative estimate of drug-likeness (QED) is 0.0597. The van der Waals surface area contributed by atoms with Crippen LogP contribution in [-0.2, 0) is 44.4 Å². The van der Waals surface area contributed by atoms with E-state index in [-0.39, 0.29) is 18.8 Å². The van der Waals surface area contributed by atoms with Crippen LogP contribution in [0.4, 0.5) is 49.1 Å². The highest BCUT2D eigenvalue weighted by molar-refractivity contribution is 6.43. The fourth-order valence-electron chi connectivity index (χ4n) is 5.01. The Morgan fingerprint density at radius 1 is 0.516 bits per heavy atom. The highest BCUT2D eigenvalue weighted by Crippen LogP contribution is 2.37. The largest absolute Gasteiger partial charge is 0.474 e.